The first-order valence-electron chi connectivity index (χ1n) is 17.8. The maximum Gasteiger partial charge on any atom is 0.448 e. The van der Waals surface area contributed by atoms with Crippen LogP contribution in [0.15, 0.2) is 122 Å². The van der Waals surface area contributed by atoms with Crippen molar-refractivity contribution in [1.29, 1.82) is 0 Å². The van der Waals surface area contributed by atoms with Gasteiger partial charge in [0.1, 0.15) is 0 Å². The van der Waals surface area contributed by atoms with Crippen molar-refractivity contribution in [2.24, 2.45) is 0 Å². The van der Waals surface area contributed by atoms with Crippen LogP contribution in [0.5, 0.6) is 0 Å². The lowest BCUT2D eigenvalue weighted by Crippen LogP contribution is -2.14. The summed E-state index contributed by atoms with van der Waals surface area (Å²) < 4.78 is 3.52. The monoisotopic (exact) mass is 832 g/mol. The molecule has 12 nitrogen and oxygen atoms in total. The Morgan fingerprint density at radius 3 is 1.41 bits per heavy atom. The van der Waals surface area contributed by atoms with Gasteiger partial charge in [0.2, 0.25) is 0 Å². The number of nitrogens with zero attached hydrogens (tertiary/aromatic N) is 6. The van der Waals surface area contributed by atoms with Crippen LogP contribution in [0.3, 0.4) is 0 Å². The molecule has 4 heterocycles. The van der Waals surface area contributed by atoms with Crippen molar-refractivity contribution in [3.8, 4) is 11.4 Å². The summed E-state index contributed by atoms with van der Waals surface area (Å²) in [4.78, 5) is 34.4. The summed E-state index contributed by atoms with van der Waals surface area (Å²) >= 11 is 18.3. The SMILES string of the molecule is CB(O)O.Cc1nn(-c2ccccc2)c2ncc(C(=O)Nc3ccc(Cl)cc3)c(C)c12.Cc1nn(-c2ccccc2)c2ncc(C(=O)Nc3ccc(Cl)cc3)c(Cl)c12. The van der Waals surface area contributed by atoms with Gasteiger partial charge in [0.25, 0.3) is 11.8 Å². The molecule has 0 atom stereocenters. The number of benzene rings is 4. The van der Waals surface area contributed by atoms with Gasteiger partial charge >= 0.3 is 7.12 Å². The number of rotatable bonds is 6. The molecule has 0 aliphatic carbocycles. The van der Waals surface area contributed by atoms with E-state index < -0.39 is 7.12 Å². The molecule has 0 radical (unpaired) electrons. The number of aryl methyl sites for hydroxylation is 3. The second-order valence-electron chi connectivity index (χ2n) is 12.9. The number of nitrogens with one attached hydrogen (secondary N) is 2. The van der Waals surface area contributed by atoms with Gasteiger partial charge in [-0.15, -0.1) is 0 Å². The Morgan fingerprint density at radius 2 is 0.966 bits per heavy atom. The third-order valence-electron chi connectivity index (χ3n) is 8.63. The van der Waals surface area contributed by atoms with Crippen molar-refractivity contribution in [2.45, 2.75) is 27.6 Å². The van der Waals surface area contributed by atoms with E-state index in [1.807, 2.05) is 81.4 Å². The standard InChI is InChI=1S/C21H17ClN4O.C20H14Cl2N4O.CH5BO2/c1-13-18(21(27)24-16-10-8-15(22)9-11-16)12-23-20-19(13)14(2)25-26(20)17-6-4-3-5-7-17;1-12-17-18(22)16(20(27)24-14-9-7-13(21)8-10-14)11-23-19(17)26(25-12)15-5-3-2-4-6-15;1-2(3)4/h3-12H,1-2H3,(H,24,27);2-11H,1H3,(H,24,27);3-4H,1H3. The minimum Gasteiger partial charge on any atom is -0.427 e. The van der Waals surface area contributed by atoms with E-state index in [2.05, 4.69) is 30.8 Å². The number of pyridine rings is 2. The molecular weight excluding hydrogens is 798 g/mol. The van der Waals surface area contributed by atoms with Crippen molar-refractivity contribution in [3.05, 3.63) is 165 Å². The lowest BCUT2D eigenvalue weighted by Gasteiger charge is -2.09. The fourth-order valence-corrected chi connectivity index (χ4v) is 6.60. The summed E-state index contributed by atoms with van der Waals surface area (Å²) in [7, 11) is -1.17. The quantitative estimate of drug-likeness (QED) is 0.121. The fraction of sp³-hybridized carbons (Fsp3) is 0.0952. The Labute approximate surface area is 349 Å². The van der Waals surface area contributed by atoms with E-state index >= 15 is 0 Å². The Kier molecular flexibility index (Phi) is 13.2. The molecular formula is C42H36BCl3N8O4. The van der Waals surface area contributed by atoms with Gasteiger partial charge in [-0.25, -0.2) is 19.3 Å². The minimum absolute atomic E-state index is 0.212. The fourth-order valence-electron chi connectivity index (χ4n) is 5.99. The van der Waals surface area contributed by atoms with Gasteiger partial charge in [0.05, 0.1) is 44.3 Å². The second kappa shape index (κ2) is 18.5. The maximum absolute atomic E-state index is 12.7. The van der Waals surface area contributed by atoms with Crippen molar-refractivity contribution in [1.82, 2.24) is 29.5 Å². The molecule has 0 bridgehead atoms. The van der Waals surface area contributed by atoms with Crippen molar-refractivity contribution < 1.29 is 19.6 Å². The maximum atomic E-state index is 12.7. The van der Waals surface area contributed by atoms with Gasteiger partial charge in [-0.3, -0.25) is 9.59 Å². The number of aromatic nitrogens is 6. The van der Waals surface area contributed by atoms with E-state index in [0.29, 0.717) is 48.7 Å². The van der Waals surface area contributed by atoms with E-state index in [9.17, 15) is 9.59 Å². The number of amides is 2. The molecule has 2 amide bonds. The lowest BCUT2D eigenvalue weighted by atomic mass is 9.99. The molecule has 0 unspecified atom stereocenters. The van der Waals surface area contributed by atoms with Gasteiger partial charge in [0.15, 0.2) is 11.3 Å². The molecule has 0 saturated heterocycles. The average molecular weight is 834 g/mol. The zero-order valence-electron chi connectivity index (χ0n) is 31.7. The summed E-state index contributed by atoms with van der Waals surface area (Å²) in [5.74, 6) is -0.556. The molecule has 4 aromatic carbocycles. The Hall–Kier alpha value is -6.09. The highest BCUT2D eigenvalue weighted by atomic mass is 35.5. The van der Waals surface area contributed by atoms with E-state index in [4.69, 9.17) is 44.9 Å². The molecule has 0 fully saturated rings. The van der Waals surface area contributed by atoms with Gasteiger partial charge in [0, 0.05) is 39.2 Å². The molecule has 0 spiro atoms. The summed E-state index contributed by atoms with van der Waals surface area (Å²) in [6.45, 7) is 6.97. The average Bonchev–Trinajstić information content (AvgIpc) is 3.74. The molecule has 16 heteroatoms. The highest BCUT2D eigenvalue weighted by Crippen LogP contribution is 2.31. The molecule has 292 valence electrons. The number of hydrogen-bond donors (Lipinski definition) is 4. The molecule has 4 aromatic heterocycles. The summed E-state index contributed by atoms with van der Waals surface area (Å²) in [5, 5.41) is 33.2. The summed E-state index contributed by atoms with van der Waals surface area (Å²) in [5.41, 5.74) is 7.64. The second-order valence-corrected chi connectivity index (χ2v) is 14.2. The molecule has 58 heavy (non-hydrogen) atoms. The zero-order valence-corrected chi connectivity index (χ0v) is 33.9. The highest BCUT2D eigenvalue weighted by molar-refractivity contribution is 6.39. The van der Waals surface area contributed by atoms with Gasteiger partial charge in [-0.2, -0.15) is 10.2 Å². The van der Waals surface area contributed by atoms with E-state index in [0.717, 1.165) is 33.7 Å². The Morgan fingerprint density at radius 1 is 0.586 bits per heavy atom. The molecule has 0 saturated carbocycles. The van der Waals surface area contributed by atoms with Crippen LogP contribution < -0.4 is 10.6 Å². The molecule has 0 aliphatic rings. The third kappa shape index (κ3) is 9.54. The third-order valence-corrected chi connectivity index (χ3v) is 9.53. The van der Waals surface area contributed by atoms with Crippen molar-refractivity contribution in [3.63, 3.8) is 0 Å². The van der Waals surface area contributed by atoms with Crippen LogP contribution in [-0.2, 0) is 0 Å². The molecule has 8 rings (SSSR count). The number of fused-ring (bicyclic) bond motifs is 2. The van der Waals surface area contributed by atoms with Crippen LogP contribution in [0.4, 0.5) is 11.4 Å². The molecule has 4 N–H and O–H groups in total. The highest BCUT2D eigenvalue weighted by Gasteiger charge is 2.21. The Balaban J connectivity index is 0.000000179. The number of carbonyl (C=O) groups excluding carboxylic acids is 2. The predicted octanol–water partition coefficient (Wildman–Crippen LogP) is 9.32. The van der Waals surface area contributed by atoms with Crippen molar-refractivity contribution in [2.75, 3.05) is 10.6 Å². The van der Waals surface area contributed by atoms with Gasteiger partial charge < -0.3 is 20.7 Å². The van der Waals surface area contributed by atoms with Crippen molar-refractivity contribution >= 4 is 87.2 Å². The topological polar surface area (TPSA) is 160 Å². The smallest absolute Gasteiger partial charge is 0.427 e. The summed E-state index contributed by atoms with van der Waals surface area (Å²) in [6.07, 6.45) is 3.07. The first kappa shape index (κ1) is 41.5. The lowest BCUT2D eigenvalue weighted by molar-refractivity contribution is 0.101. The molecule has 8 aromatic rings. The van der Waals surface area contributed by atoms with Gasteiger partial charge in [-0.1, -0.05) is 71.2 Å². The van der Waals surface area contributed by atoms with Crippen LogP contribution in [0.2, 0.25) is 21.9 Å². The van der Waals surface area contributed by atoms with Crippen LogP contribution in [0.1, 0.15) is 37.7 Å². The predicted molar refractivity (Wildman–Crippen MR) is 232 cm³/mol. The van der Waals surface area contributed by atoms with Gasteiger partial charge in [-0.05, 0) is 106 Å². The van der Waals surface area contributed by atoms with Crippen LogP contribution in [-0.4, -0.2) is 58.5 Å². The number of carbonyl (C=O) groups is 2. The zero-order chi connectivity index (χ0) is 41.5. The van der Waals surface area contributed by atoms with E-state index in [1.54, 1.807) is 64.1 Å². The Bertz CT molecular complexity index is 2520. The van der Waals surface area contributed by atoms with E-state index in [-0.39, 0.29) is 17.4 Å². The van der Waals surface area contributed by atoms with E-state index in [1.165, 1.54) is 13.0 Å². The summed E-state index contributed by atoms with van der Waals surface area (Å²) in [6, 6.07) is 33.3. The minimum atomic E-state index is -1.17. The molecule has 0 aliphatic heterocycles. The number of hydrogen-bond acceptors (Lipinski definition) is 8. The number of halogens is 3. The van der Waals surface area contributed by atoms with Crippen LogP contribution in [0, 0.1) is 20.8 Å². The first-order valence-corrected chi connectivity index (χ1v) is 18.9. The largest absolute Gasteiger partial charge is 0.448 e. The van der Waals surface area contributed by atoms with Crippen LogP contribution >= 0.6 is 34.8 Å². The normalized spacial score (nSPS) is 10.6. The number of anilines is 2. The van der Waals surface area contributed by atoms with Crippen LogP contribution in [0.25, 0.3) is 33.4 Å². The number of para-hydroxylation sites is 2. The first-order chi connectivity index (χ1) is 27.8.